The van der Waals surface area contributed by atoms with Crippen molar-refractivity contribution in [3.8, 4) is 22.6 Å². The molecule has 2 heterocycles. The Balaban J connectivity index is 1.61. The number of hydrogen-bond donors (Lipinski definition) is 0. The molecule has 0 saturated carbocycles. The van der Waals surface area contributed by atoms with E-state index in [4.69, 9.17) is 10.00 Å². The van der Waals surface area contributed by atoms with Gasteiger partial charge in [-0.05, 0) is 31.2 Å². The van der Waals surface area contributed by atoms with Gasteiger partial charge in [-0.25, -0.2) is 22.9 Å². The zero-order valence-corrected chi connectivity index (χ0v) is 16.7. The number of thiazole rings is 1. The van der Waals surface area contributed by atoms with E-state index in [-0.39, 0.29) is 33.6 Å². The molecule has 0 aliphatic carbocycles. The van der Waals surface area contributed by atoms with Gasteiger partial charge in [-0.2, -0.15) is 15.0 Å². The van der Waals surface area contributed by atoms with Crippen LogP contribution in [-0.4, -0.2) is 19.3 Å². The number of nitrogens with zero attached hydrogens (tertiary/aromatic N) is 5. The van der Waals surface area contributed by atoms with Crippen LogP contribution >= 0.6 is 11.3 Å². The molecule has 31 heavy (non-hydrogen) atoms. The third kappa shape index (κ3) is 3.93. The highest BCUT2D eigenvalue weighted by Crippen LogP contribution is 2.33. The molecule has 0 fully saturated rings. The van der Waals surface area contributed by atoms with E-state index in [1.54, 1.807) is 6.92 Å². The second kappa shape index (κ2) is 8.08. The monoisotopic (exact) mass is 443 g/mol. The summed E-state index contributed by atoms with van der Waals surface area (Å²) >= 11 is 0.979. The first-order valence-corrected chi connectivity index (χ1v) is 9.61. The number of hydrogen-bond acceptors (Lipinski definition) is 6. The number of rotatable bonds is 5. The van der Waals surface area contributed by atoms with Gasteiger partial charge in [0.2, 0.25) is 5.06 Å². The van der Waals surface area contributed by atoms with E-state index < -0.39 is 23.1 Å². The Kier molecular flexibility index (Phi) is 5.31. The lowest BCUT2D eigenvalue weighted by atomic mass is 10.2. The molecule has 0 saturated heterocycles. The zero-order valence-electron chi connectivity index (χ0n) is 15.8. The second-order valence-electron chi connectivity index (χ2n) is 6.37. The maximum Gasteiger partial charge on any atom is 0.350 e. The lowest BCUT2D eigenvalue weighted by Gasteiger charge is -2.07. The first-order valence-electron chi connectivity index (χ1n) is 8.80. The minimum atomic E-state index is -0.787. The van der Waals surface area contributed by atoms with Gasteiger partial charge in [-0.1, -0.05) is 17.4 Å². The van der Waals surface area contributed by atoms with E-state index in [0.29, 0.717) is 5.69 Å². The van der Waals surface area contributed by atoms with Crippen molar-refractivity contribution in [1.29, 1.82) is 5.26 Å². The average Bonchev–Trinajstić information content (AvgIpc) is 3.28. The summed E-state index contributed by atoms with van der Waals surface area (Å²) in [6.07, 6.45) is 1.11. The number of nitriles is 1. The van der Waals surface area contributed by atoms with Gasteiger partial charge in [0.05, 0.1) is 17.9 Å². The third-order valence-electron chi connectivity index (χ3n) is 4.34. The molecule has 4 rings (SSSR count). The molecule has 156 valence electrons. The molecule has 4 aromatic rings. The van der Waals surface area contributed by atoms with Gasteiger partial charge in [-0.15, -0.1) is 0 Å². The van der Waals surface area contributed by atoms with Gasteiger partial charge in [0.1, 0.15) is 24.0 Å². The van der Waals surface area contributed by atoms with Crippen molar-refractivity contribution < 1.29 is 17.9 Å². The van der Waals surface area contributed by atoms with Crippen molar-refractivity contribution in [2.75, 3.05) is 0 Å². The van der Waals surface area contributed by atoms with Crippen LogP contribution in [0, 0.1) is 35.7 Å². The molecule has 0 aliphatic rings. The van der Waals surface area contributed by atoms with Gasteiger partial charge in [-0.3, -0.25) is 4.57 Å². The maximum atomic E-state index is 14.6. The molecule has 2 aromatic heterocycles. The van der Waals surface area contributed by atoms with Gasteiger partial charge in [0.15, 0.2) is 16.6 Å². The van der Waals surface area contributed by atoms with Crippen LogP contribution in [0.2, 0.25) is 0 Å². The highest BCUT2D eigenvalue weighted by Gasteiger charge is 2.16. The Morgan fingerprint density at radius 2 is 1.90 bits per heavy atom. The van der Waals surface area contributed by atoms with Crippen LogP contribution in [0.1, 0.15) is 16.3 Å². The minimum Gasteiger partial charge on any atom is -0.442 e. The SMILES string of the molecule is Cc1nc(C#N)sc1Oc1ccc(-n2ncn(Cc3c(F)cccc3F)c2=O)cc1F. The number of benzene rings is 2. The fraction of sp³-hybridized carbons (Fsp3) is 0.100. The summed E-state index contributed by atoms with van der Waals surface area (Å²) in [5, 5.41) is 13.3. The molecular formula is C20H12F3N5O2S. The summed E-state index contributed by atoms with van der Waals surface area (Å²) in [4.78, 5) is 16.6. The van der Waals surface area contributed by atoms with Crippen molar-refractivity contribution >= 4 is 11.3 Å². The highest BCUT2D eigenvalue weighted by molar-refractivity contribution is 7.14. The largest absolute Gasteiger partial charge is 0.442 e. The smallest absolute Gasteiger partial charge is 0.350 e. The average molecular weight is 443 g/mol. The Morgan fingerprint density at radius 1 is 1.16 bits per heavy atom. The molecule has 0 unspecified atom stereocenters. The Labute approximate surface area is 177 Å². The van der Waals surface area contributed by atoms with Crippen LogP contribution < -0.4 is 10.4 Å². The summed E-state index contributed by atoms with van der Waals surface area (Å²) < 4.78 is 49.7. The Hall–Kier alpha value is -3.91. The summed E-state index contributed by atoms with van der Waals surface area (Å²) in [7, 11) is 0. The van der Waals surface area contributed by atoms with Crippen LogP contribution in [0.4, 0.5) is 13.2 Å². The fourth-order valence-electron chi connectivity index (χ4n) is 2.80. The quantitative estimate of drug-likeness (QED) is 0.467. The van der Waals surface area contributed by atoms with E-state index in [2.05, 4.69) is 10.1 Å². The van der Waals surface area contributed by atoms with E-state index in [9.17, 15) is 18.0 Å². The molecule has 0 N–H and O–H groups in total. The predicted octanol–water partition coefficient (Wildman–Crippen LogP) is 3.93. The van der Waals surface area contributed by atoms with E-state index >= 15 is 0 Å². The highest BCUT2D eigenvalue weighted by atomic mass is 32.1. The number of ether oxygens (including phenoxy) is 1. The molecule has 0 aliphatic heterocycles. The molecule has 0 radical (unpaired) electrons. The molecule has 7 nitrogen and oxygen atoms in total. The zero-order chi connectivity index (χ0) is 22.1. The van der Waals surface area contributed by atoms with Crippen LogP contribution in [0.3, 0.4) is 0 Å². The standard InChI is InChI=1S/C20H12F3N5O2S/c1-11-19(31-18(8-24)26-11)30-17-6-5-12(7-16(17)23)28-20(29)27(10-25-28)9-13-14(21)3-2-4-15(13)22/h2-7,10H,9H2,1H3. The summed E-state index contributed by atoms with van der Waals surface area (Å²) in [5.41, 5.74) is -0.440. The number of aryl methyl sites for hydroxylation is 1. The van der Waals surface area contributed by atoms with Crippen LogP contribution in [0.15, 0.2) is 47.5 Å². The predicted molar refractivity (Wildman–Crippen MR) is 105 cm³/mol. The molecule has 2 aromatic carbocycles. The van der Waals surface area contributed by atoms with E-state index in [1.165, 1.54) is 18.2 Å². The Morgan fingerprint density at radius 3 is 2.55 bits per heavy atom. The maximum absolute atomic E-state index is 14.6. The van der Waals surface area contributed by atoms with Gasteiger partial charge >= 0.3 is 5.69 Å². The molecule has 0 atom stereocenters. The van der Waals surface area contributed by atoms with Gasteiger partial charge in [0.25, 0.3) is 0 Å². The van der Waals surface area contributed by atoms with Crippen molar-refractivity contribution in [2.24, 2.45) is 0 Å². The summed E-state index contributed by atoms with van der Waals surface area (Å²) in [6, 6.07) is 9.04. The first-order chi connectivity index (χ1) is 14.9. The normalized spacial score (nSPS) is 10.8. The fourth-order valence-corrected chi connectivity index (χ4v) is 3.53. The molecule has 11 heteroatoms. The van der Waals surface area contributed by atoms with E-state index in [1.807, 2.05) is 6.07 Å². The topological polar surface area (TPSA) is 85.7 Å². The second-order valence-corrected chi connectivity index (χ2v) is 7.34. The minimum absolute atomic E-state index is 0.0985. The molecule has 0 bridgehead atoms. The van der Waals surface area contributed by atoms with Gasteiger partial charge in [0, 0.05) is 11.6 Å². The van der Waals surface area contributed by atoms with Crippen molar-refractivity contribution in [2.45, 2.75) is 13.5 Å². The molecular weight excluding hydrogens is 431 g/mol. The van der Waals surface area contributed by atoms with Crippen LogP contribution in [0.25, 0.3) is 5.69 Å². The number of halogens is 3. The van der Waals surface area contributed by atoms with Crippen molar-refractivity contribution in [3.05, 3.63) is 86.9 Å². The summed E-state index contributed by atoms with van der Waals surface area (Å²) in [5.74, 6) is -2.47. The molecule has 0 amide bonds. The number of aromatic nitrogens is 4. The molecule has 0 spiro atoms. The summed E-state index contributed by atoms with van der Waals surface area (Å²) in [6.45, 7) is 1.26. The third-order valence-corrected chi connectivity index (χ3v) is 5.28. The van der Waals surface area contributed by atoms with Crippen LogP contribution in [0.5, 0.6) is 10.8 Å². The lowest BCUT2D eigenvalue weighted by Crippen LogP contribution is -2.24. The van der Waals surface area contributed by atoms with Crippen molar-refractivity contribution in [3.63, 3.8) is 0 Å². The van der Waals surface area contributed by atoms with Crippen molar-refractivity contribution in [1.82, 2.24) is 19.3 Å². The first kappa shape index (κ1) is 20.4. The van der Waals surface area contributed by atoms with Gasteiger partial charge < -0.3 is 4.74 Å². The van der Waals surface area contributed by atoms with Crippen LogP contribution in [-0.2, 0) is 6.54 Å². The lowest BCUT2D eigenvalue weighted by molar-refractivity contribution is 0.448. The Bertz CT molecular complexity index is 1370. The van der Waals surface area contributed by atoms with E-state index in [0.717, 1.165) is 45.1 Å².